The van der Waals surface area contributed by atoms with Gasteiger partial charge < -0.3 is 0 Å². The Kier molecular flexibility index (Phi) is 9.35. The average molecular weight is 341 g/mol. The van der Waals surface area contributed by atoms with Crippen LogP contribution in [0.5, 0.6) is 0 Å². The van der Waals surface area contributed by atoms with E-state index in [1.54, 1.807) is 0 Å². The van der Waals surface area contributed by atoms with Gasteiger partial charge in [0.15, 0.2) is 0 Å². The Hall–Kier alpha value is -0.400. The van der Waals surface area contributed by atoms with E-state index in [-0.39, 0.29) is 0 Å². The van der Waals surface area contributed by atoms with Gasteiger partial charge in [-0.2, -0.15) is 8.78 Å². The smallest absolute Gasteiger partial charge is 0.174 e. The van der Waals surface area contributed by atoms with Crippen LogP contribution in [0.25, 0.3) is 0 Å². The molecule has 0 bridgehead atoms. The van der Waals surface area contributed by atoms with Crippen molar-refractivity contribution >= 4 is 0 Å². The molecule has 0 aromatic rings. The second kappa shape index (κ2) is 11.3. The summed E-state index contributed by atoms with van der Waals surface area (Å²) in [5, 5.41) is 0. The zero-order chi connectivity index (χ0) is 17.2. The van der Waals surface area contributed by atoms with E-state index in [0.717, 1.165) is 30.3 Å². The second-order valence-corrected chi connectivity index (χ2v) is 8.48. The van der Waals surface area contributed by atoms with E-state index in [1.807, 2.05) is 0 Å². The van der Waals surface area contributed by atoms with E-state index in [4.69, 9.17) is 0 Å². The molecule has 0 saturated heterocycles. The highest BCUT2D eigenvalue weighted by molar-refractivity contribution is 4.85. The van der Waals surface area contributed by atoms with Crippen molar-refractivity contribution in [3.05, 3.63) is 12.2 Å². The maximum Gasteiger partial charge on any atom is 0.266 e. The third-order valence-electron chi connectivity index (χ3n) is 6.79. The molecule has 0 aliphatic heterocycles. The fourth-order valence-electron chi connectivity index (χ4n) is 5.18. The molecule has 0 unspecified atom stereocenters. The average Bonchev–Trinajstić information content (AvgIpc) is 2.60. The molecule has 2 aliphatic rings. The summed E-state index contributed by atoms with van der Waals surface area (Å²) in [6, 6.07) is 0. The SMILES string of the molecule is CCCCCC[C@H]1CC[C@H]([C@H]2CC[C@H](CCC=C(F)F)CC2)CC1. The summed E-state index contributed by atoms with van der Waals surface area (Å²) in [5.41, 5.74) is 0. The summed E-state index contributed by atoms with van der Waals surface area (Å²) in [4.78, 5) is 0. The molecule has 0 heterocycles. The highest BCUT2D eigenvalue weighted by atomic mass is 19.3. The minimum Gasteiger partial charge on any atom is -0.174 e. The Bertz CT molecular complexity index is 343. The molecule has 2 aliphatic carbocycles. The number of halogens is 2. The van der Waals surface area contributed by atoms with Gasteiger partial charge in [0.05, 0.1) is 0 Å². The maximum atomic E-state index is 12.1. The molecule has 2 fully saturated rings. The quantitative estimate of drug-likeness (QED) is 0.372. The first kappa shape index (κ1) is 19.9. The van der Waals surface area contributed by atoms with Crippen LogP contribution >= 0.6 is 0 Å². The van der Waals surface area contributed by atoms with Crippen molar-refractivity contribution in [3.8, 4) is 0 Å². The summed E-state index contributed by atoms with van der Waals surface area (Å²) < 4.78 is 24.2. The lowest BCUT2D eigenvalue weighted by atomic mass is 9.68. The Morgan fingerprint density at radius 1 is 0.750 bits per heavy atom. The molecule has 0 amide bonds. The van der Waals surface area contributed by atoms with Crippen LogP contribution in [0.4, 0.5) is 8.78 Å². The standard InChI is InChI=1S/C22H38F2/c1-2-3-4-5-7-18-10-14-20(15-11-18)21-16-12-19(13-17-21)8-6-9-22(23)24/h9,18-21H,2-8,10-17H2,1H3/t18-,19-,20-,21-. The van der Waals surface area contributed by atoms with Gasteiger partial charge in [-0.05, 0) is 68.3 Å². The molecule has 0 aromatic carbocycles. The fourth-order valence-corrected chi connectivity index (χ4v) is 5.18. The van der Waals surface area contributed by atoms with Crippen molar-refractivity contribution in [2.24, 2.45) is 23.7 Å². The Balaban J connectivity index is 1.58. The van der Waals surface area contributed by atoms with Gasteiger partial charge in [0.1, 0.15) is 0 Å². The molecule has 0 aromatic heterocycles. The third kappa shape index (κ3) is 7.23. The van der Waals surface area contributed by atoms with Crippen LogP contribution in [0, 0.1) is 23.7 Å². The molecule has 2 saturated carbocycles. The van der Waals surface area contributed by atoms with Crippen molar-refractivity contribution in [2.45, 2.75) is 103 Å². The highest BCUT2D eigenvalue weighted by Crippen LogP contribution is 2.43. The summed E-state index contributed by atoms with van der Waals surface area (Å²) in [6.07, 6.45) is 19.4. The summed E-state index contributed by atoms with van der Waals surface area (Å²) in [7, 11) is 0. The van der Waals surface area contributed by atoms with E-state index in [1.165, 1.54) is 83.5 Å². The monoisotopic (exact) mass is 340 g/mol. The van der Waals surface area contributed by atoms with Crippen molar-refractivity contribution in [2.75, 3.05) is 0 Å². The van der Waals surface area contributed by atoms with Crippen molar-refractivity contribution in [1.82, 2.24) is 0 Å². The molecule has 2 rings (SSSR count). The number of allylic oxidation sites excluding steroid dienone is 1. The zero-order valence-electron chi connectivity index (χ0n) is 15.7. The van der Waals surface area contributed by atoms with Crippen LogP contribution in [0.15, 0.2) is 12.2 Å². The van der Waals surface area contributed by atoms with Crippen molar-refractivity contribution < 1.29 is 8.78 Å². The first-order valence-corrected chi connectivity index (χ1v) is 10.7. The summed E-state index contributed by atoms with van der Waals surface area (Å²) in [5.74, 6) is 3.63. The second-order valence-electron chi connectivity index (χ2n) is 8.48. The minimum absolute atomic E-state index is 0.570. The van der Waals surface area contributed by atoms with Crippen LogP contribution in [-0.4, -0.2) is 0 Å². The first-order valence-electron chi connectivity index (χ1n) is 10.7. The van der Waals surface area contributed by atoms with Gasteiger partial charge in [-0.25, -0.2) is 0 Å². The lowest BCUT2D eigenvalue weighted by Crippen LogP contribution is -2.25. The van der Waals surface area contributed by atoms with E-state index in [2.05, 4.69) is 6.92 Å². The fraction of sp³-hybridized carbons (Fsp3) is 0.909. The summed E-state index contributed by atoms with van der Waals surface area (Å²) >= 11 is 0. The molecule has 0 nitrogen and oxygen atoms in total. The van der Waals surface area contributed by atoms with E-state index in [0.29, 0.717) is 12.3 Å². The minimum atomic E-state index is -1.50. The Morgan fingerprint density at radius 3 is 1.79 bits per heavy atom. The molecule has 0 N–H and O–H groups in total. The first-order chi connectivity index (χ1) is 11.7. The Labute approximate surface area is 148 Å². The molecule has 24 heavy (non-hydrogen) atoms. The molecule has 0 spiro atoms. The lowest BCUT2D eigenvalue weighted by molar-refractivity contribution is 0.140. The van der Waals surface area contributed by atoms with Gasteiger partial charge in [-0.3, -0.25) is 0 Å². The van der Waals surface area contributed by atoms with Gasteiger partial charge in [0, 0.05) is 0 Å². The molecule has 2 heteroatoms. The van der Waals surface area contributed by atoms with Crippen LogP contribution in [0.3, 0.4) is 0 Å². The Morgan fingerprint density at radius 2 is 1.29 bits per heavy atom. The highest BCUT2D eigenvalue weighted by Gasteiger charge is 2.30. The molecular weight excluding hydrogens is 302 g/mol. The largest absolute Gasteiger partial charge is 0.266 e. The van der Waals surface area contributed by atoms with Gasteiger partial charge in [0.2, 0.25) is 0 Å². The topological polar surface area (TPSA) is 0 Å². The van der Waals surface area contributed by atoms with E-state index >= 15 is 0 Å². The number of hydrogen-bond acceptors (Lipinski definition) is 0. The summed E-state index contributed by atoms with van der Waals surface area (Å²) in [6.45, 7) is 2.29. The van der Waals surface area contributed by atoms with Gasteiger partial charge in [0.25, 0.3) is 6.08 Å². The molecule has 0 radical (unpaired) electrons. The van der Waals surface area contributed by atoms with Gasteiger partial charge in [-0.1, -0.05) is 64.7 Å². The molecule has 140 valence electrons. The lowest BCUT2D eigenvalue weighted by Gasteiger charge is -2.38. The maximum absolute atomic E-state index is 12.1. The zero-order valence-corrected chi connectivity index (χ0v) is 15.7. The van der Waals surface area contributed by atoms with E-state index < -0.39 is 6.08 Å². The van der Waals surface area contributed by atoms with Crippen LogP contribution in [-0.2, 0) is 0 Å². The van der Waals surface area contributed by atoms with Crippen molar-refractivity contribution in [1.29, 1.82) is 0 Å². The van der Waals surface area contributed by atoms with Gasteiger partial charge >= 0.3 is 0 Å². The third-order valence-corrected chi connectivity index (χ3v) is 6.79. The normalized spacial score (nSPS) is 31.0. The molecular formula is C22H38F2. The predicted octanol–water partition coefficient (Wildman–Crippen LogP) is 8.13. The van der Waals surface area contributed by atoms with Crippen LogP contribution in [0.1, 0.15) is 103 Å². The van der Waals surface area contributed by atoms with Crippen LogP contribution < -0.4 is 0 Å². The number of unbranched alkanes of at least 4 members (excludes halogenated alkanes) is 3. The van der Waals surface area contributed by atoms with E-state index in [9.17, 15) is 8.78 Å². The van der Waals surface area contributed by atoms with Crippen LogP contribution in [0.2, 0.25) is 0 Å². The molecule has 0 atom stereocenters. The van der Waals surface area contributed by atoms with Gasteiger partial charge in [-0.15, -0.1) is 0 Å². The predicted molar refractivity (Wildman–Crippen MR) is 99.2 cm³/mol. The number of rotatable bonds is 9. The number of hydrogen-bond donors (Lipinski definition) is 0. The van der Waals surface area contributed by atoms with Crippen molar-refractivity contribution in [3.63, 3.8) is 0 Å².